The minimum Gasteiger partial charge on any atom is -0.315 e. The SMILES string of the molecule is CCCNCC(CC)N1CCCc2ccccc2C1. The molecule has 0 aromatic heterocycles. The predicted octanol–water partition coefficient (Wildman–Crippen LogP) is 3.21. The number of benzene rings is 1. The monoisotopic (exact) mass is 260 g/mol. The number of nitrogens with one attached hydrogen (secondary N) is 1. The zero-order valence-electron chi connectivity index (χ0n) is 12.5. The normalized spacial score (nSPS) is 17.8. The Hall–Kier alpha value is -0.860. The van der Waals surface area contributed by atoms with E-state index < -0.39 is 0 Å². The van der Waals surface area contributed by atoms with Gasteiger partial charge in [0.05, 0.1) is 0 Å². The van der Waals surface area contributed by atoms with Crippen molar-refractivity contribution in [3.8, 4) is 0 Å². The second-order valence-electron chi connectivity index (χ2n) is 5.61. The Kier molecular flexibility index (Phi) is 5.87. The van der Waals surface area contributed by atoms with Gasteiger partial charge < -0.3 is 5.32 Å². The zero-order valence-corrected chi connectivity index (χ0v) is 12.5. The molecule has 0 amide bonds. The van der Waals surface area contributed by atoms with Crippen molar-refractivity contribution < 1.29 is 0 Å². The first-order chi connectivity index (χ1) is 9.35. The molecule has 19 heavy (non-hydrogen) atoms. The van der Waals surface area contributed by atoms with Gasteiger partial charge in [-0.3, -0.25) is 4.90 Å². The summed E-state index contributed by atoms with van der Waals surface area (Å²) in [6, 6.07) is 9.64. The summed E-state index contributed by atoms with van der Waals surface area (Å²) < 4.78 is 0. The highest BCUT2D eigenvalue weighted by Gasteiger charge is 2.20. The van der Waals surface area contributed by atoms with Crippen molar-refractivity contribution in [2.75, 3.05) is 19.6 Å². The number of rotatable bonds is 6. The molecule has 1 aromatic rings. The van der Waals surface area contributed by atoms with E-state index in [0.29, 0.717) is 6.04 Å². The van der Waals surface area contributed by atoms with Crippen molar-refractivity contribution in [2.45, 2.75) is 52.1 Å². The van der Waals surface area contributed by atoms with Crippen LogP contribution in [0.4, 0.5) is 0 Å². The first-order valence-electron chi connectivity index (χ1n) is 7.86. The molecule has 2 rings (SSSR count). The molecule has 1 atom stereocenters. The number of hydrogen-bond acceptors (Lipinski definition) is 2. The lowest BCUT2D eigenvalue weighted by atomic mass is 10.0. The van der Waals surface area contributed by atoms with E-state index in [1.807, 2.05) is 0 Å². The van der Waals surface area contributed by atoms with Crippen LogP contribution in [0.5, 0.6) is 0 Å². The number of fused-ring (bicyclic) bond motifs is 1. The fourth-order valence-corrected chi connectivity index (χ4v) is 3.01. The van der Waals surface area contributed by atoms with E-state index in [4.69, 9.17) is 0 Å². The van der Waals surface area contributed by atoms with Crippen LogP contribution in [0.2, 0.25) is 0 Å². The quantitative estimate of drug-likeness (QED) is 0.790. The summed E-state index contributed by atoms with van der Waals surface area (Å²) in [4.78, 5) is 2.68. The molecule has 0 saturated carbocycles. The van der Waals surface area contributed by atoms with Gasteiger partial charge in [-0.05, 0) is 49.9 Å². The fraction of sp³-hybridized carbons (Fsp3) is 0.647. The maximum absolute atomic E-state index is 3.59. The van der Waals surface area contributed by atoms with Gasteiger partial charge in [0.2, 0.25) is 0 Å². The molecule has 0 saturated heterocycles. The lowest BCUT2D eigenvalue weighted by Gasteiger charge is -2.30. The van der Waals surface area contributed by atoms with E-state index in [0.717, 1.165) is 19.6 Å². The van der Waals surface area contributed by atoms with E-state index in [-0.39, 0.29) is 0 Å². The molecule has 1 N–H and O–H groups in total. The van der Waals surface area contributed by atoms with Crippen LogP contribution >= 0.6 is 0 Å². The van der Waals surface area contributed by atoms with Gasteiger partial charge in [-0.25, -0.2) is 0 Å². The van der Waals surface area contributed by atoms with Crippen molar-refractivity contribution in [1.82, 2.24) is 10.2 Å². The van der Waals surface area contributed by atoms with E-state index in [1.165, 1.54) is 37.8 Å². The standard InChI is InChI=1S/C17H28N2/c1-3-11-18-13-17(4-2)19-12-7-10-15-8-5-6-9-16(15)14-19/h5-6,8-9,17-18H,3-4,7,10-14H2,1-2H3. The highest BCUT2D eigenvalue weighted by molar-refractivity contribution is 5.28. The summed E-state index contributed by atoms with van der Waals surface area (Å²) in [5.74, 6) is 0. The summed E-state index contributed by atoms with van der Waals surface area (Å²) in [7, 11) is 0. The average molecular weight is 260 g/mol. The second-order valence-corrected chi connectivity index (χ2v) is 5.61. The van der Waals surface area contributed by atoms with Crippen molar-refractivity contribution in [1.29, 1.82) is 0 Å². The molecule has 1 aliphatic heterocycles. The van der Waals surface area contributed by atoms with E-state index in [9.17, 15) is 0 Å². The molecule has 1 aliphatic rings. The molecule has 106 valence electrons. The third kappa shape index (κ3) is 4.05. The summed E-state index contributed by atoms with van der Waals surface area (Å²) in [5, 5.41) is 3.59. The van der Waals surface area contributed by atoms with Gasteiger partial charge in [-0.15, -0.1) is 0 Å². The van der Waals surface area contributed by atoms with Crippen LogP contribution in [0.15, 0.2) is 24.3 Å². The Bertz CT molecular complexity index is 375. The number of hydrogen-bond donors (Lipinski definition) is 1. The van der Waals surface area contributed by atoms with Crippen LogP contribution < -0.4 is 5.32 Å². The summed E-state index contributed by atoms with van der Waals surface area (Å²) in [6.07, 6.45) is 4.99. The molecule has 1 aromatic carbocycles. The summed E-state index contributed by atoms with van der Waals surface area (Å²) in [5.41, 5.74) is 3.09. The summed E-state index contributed by atoms with van der Waals surface area (Å²) in [6.45, 7) is 9.18. The average Bonchev–Trinajstić information content (AvgIpc) is 2.66. The van der Waals surface area contributed by atoms with Gasteiger partial charge in [0.15, 0.2) is 0 Å². The molecule has 0 spiro atoms. The van der Waals surface area contributed by atoms with Gasteiger partial charge in [0.25, 0.3) is 0 Å². The number of nitrogens with zero attached hydrogens (tertiary/aromatic N) is 1. The smallest absolute Gasteiger partial charge is 0.0239 e. The van der Waals surface area contributed by atoms with Crippen molar-refractivity contribution in [3.63, 3.8) is 0 Å². The molecule has 2 nitrogen and oxygen atoms in total. The maximum Gasteiger partial charge on any atom is 0.0239 e. The van der Waals surface area contributed by atoms with Crippen LogP contribution in [-0.4, -0.2) is 30.6 Å². The van der Waals surface area contributed by atoms with Gasteiger partial charge in [-0.2, -0.15) is 0 Å². The van der Waals surface area contributed by atoms with Crippen LogP contribution in [0.3, 0.4) is 0 Å². The van der Waals surface area contributed by atoms with Gasteiger partial charge >= 0.3 is 0 Å². The third-order valence-corrected chi connectivity index (χ3v) is 4.18. The Morgan fingerprint density at radius 3 is 2.74 bits per heavy atom. The molecule has 1 heterocycles. The molecule has 0 fully saturated rings. The predicted molar refractivity (Wildman–Crippen MR) is 82.4 cm³/mol. The van der Waals surface area contributed by atoms with Crippen LogP contribution in [0, 0.1) is 0 Å². The van der Waals surface area contributed by atoms with Gasteiger partial charge in [0.1, 0.15) is 0 Å². The molecule has 2 heteroatoms. The molecule has 0 bridgehead atoms. The molecular formula is C17H28N2. The van der Waals surface area contributed by atoms with Crippen LogP contribution in [0.1, 0.15) is 44.2 Å². The first kappa shape index (κ1) is 14.5. The van der Waals surface area contributed by atoms with Crippen LogP contribution in [-0.2, 0) is 13.0 Å². The Morgan fingerprint density at radius 1 is 1.21 bits per heavy atom. The van der Waals surface area contributed by atoms with Crippen molar-refractivity contribution >= 4 is 0 Å². The van der Waals surface area contributed by atoms with Gasteiger partial charge in [-0.1, -0.05) is 38.1 Å². The van der Waals surface area contributed by atoms with Crippen molar-refractivity contribution in [2.24, 2.45) is 0 Å². The van der Waals surface area contributed by atoms with Crippen molar-refractivity contribution in [3.05, 3.63) is 35.4 Å². The minimum absolute atomic E-state index is 0.678. The molecule has 1 unspecified atom stereocenters. The topological polar surface area (TPSA) is 15.3 Å². The minimum atomic E-state index is 0.678. The van der Waals surface area contributed by atoms with E-state index >= 15 is 0 Å². The molecular weight excluding hydrogens is 232 g/mol. The zero-order chi connectivity index (χ0) is 13.5. The Labute approximate surface area is 118 Å². The lowest BCUT2D eigenvalue weighted by molar-refractivity contribution is 0.181. The maximum atomic E-state index is 3.59. The van der Waals surface area contributed by atoms with Gasteiger partial charge in [0, 0.05) is 19.1 Å². The Balaban J connectivity index is 1.99. The second kappa shape index (κ2) is 7.66. The highest BCUT2D eigenvalue weighted by atomic mass is 15.2. The summed E-state index contributed by atoms with van der Waals surface area (Å²) >= 11 is 0. The largest absolute Gasteiger partial charge is 0.315 e. The van der Waals surface area contributed by atoms with E-state index in [2.05, 4.69) is 48.3 Å². The van der Waals surface area contributed by atoms with Crippen LogP contribution in [0.25, 0.3) is 0 Å². The molecule has 0 radical (unpaired) electrons. The third-order valence-electron chi connectivity index (χ3n) is 4.18. The molecule has 0 aliphatic carbocycles. The fourth-order valence-electron chi connectivity index (χ4n) is 3.01. The lowest BCUT2D eigenvalue weighted by Crippen LogP contribution is -2.42. The van der Waals surface area contributed by atoms with E-state index in [1.54, 1.807) is 5.56 Å². The first-order valence-corrected chi connectivity index (χ1v) is 7.86. The highest BCUT2D eigenvalue weighted by Crippen LogP contribution is 2.20. The Morgan fingerprint density at radius 2 is 2.00 bits per heavy atom. The number of aryl methyl sites for hydroxylation is 1.